The Balaban J connectivity index is 1.46. The molecule has 1 aliphatic rings. The zero-order chi connectivity index (χ0) is 21.8. The van der Waals surface area contributed by atoms with Crippen LogP contribution in [-0.2, 0) is 19.6 Å². The van der Waals surface area contributed by atoms with E-state index in [9.17, 15) is 9.59 Å². The van der Waals surface area contributed by atoms with Crippen LogP contribution in [0.4, 0.5) is 0 Å². The molecule has 2 amide bonds. The highest BCUT2D eigenvalue weighted by Gasteiger charge is 2.26. The maximum Gasteiger partial charge on any atom is 0.272 e. The Bertz CT molecular complexity index is 1110. The molecule has 1 N–H and O–H groups in total. The number of aromatic nitrogens is 2. The van der Waals surface area contributed by atoms with Crippen molar-refractivity contribution in [1.29, 1.82) is 0 Å². The van der Waals surface area contributed by atoms with Gasteiger partial charge >= 0.3 is 0 Å². The van der Waals surface area contributed by atoms with Crippen molar-refractivity contribution < 1.29 is 14.3 Å². The quantitative estimate of drug-likeness (QED) is 0.667. The second-order valence-electron chi connectivity index (χ2n) is 7.74. The van der Waals surface area contributed by atoms with Gasteiger partial charge in [-0.05, 0) is 36.6 Å². The first kappa shape index (κ1) is 20.7. The molecule has 7 nitrogen and oxygen atoms in total. The summed E-state index contributed by atoms with van der Waals surface area (Å²) in [6, 6.07) is 17.3. The molecular weight excluding hydrogens is 392 g/mol. The fraction of sp³-hybridized carbons (Fsp3) is 0.292. The van der Waals surface area contributed by atoms with Gasteiger partial charge in [-0.3, -0.25) is 14.3 Å². The minimum Gasteiger partial charge on any atom is -0.497 e. The van der Waals surface area contributed by atoms with Crippen molar-refractivity contribution >= 4 is 11.8 Å². The van der Waals surface area contributed by atoms with Gasteiger partial charge in [0.05, 0.1) is 7.11 Å². The maximum atomic E-state index is 13.1. The third-order valence-corrected chi connectivity index (χ3v) is 5.36. The van der Waals surface area contributed by atoms with E-state index in [1.807, 2.05) is 54.3 Å². The molecule has 0 saturated carbocycles. The van der Waals surface area contributed by atoms with Crippen molar-refractivity contribution in [2.45, 2.75) is 33.0 Å². The first-order valence-electron chi connectivity index (χ1n) is 10.4. The largest absolute Gasteiger partial charge is 0.497 e. The number of benzene rings is 2. The van der Waals surface area contributed by atoms with E-state index in [1.54, 1.807) is 17.9 Å². The number of nitrogens with zero attached hydrogens (tertiary/aromatic N) is 3. The van der Waals surface area contributed by atoms with Crippen molar-refractivity contribution in [3.63, 3.8) is 0 Å². The van der Waals surface area contributed by atoms with Gasteiger partial charge in [-0.2, -0.15) is 5.10 Å². The van der Waals surface area contributed by atoms with Gasteiger partial charge in [-0.15, -0.1) is 0 Å². The molecule has 0 radical (unpaired) electrons. The van der Waals surface area contributed by atoms with Gasteiger partial charge in [0.2, 0.25) is 0 Å². The molecule has 1 aromatic heterocycles. The summed E-state index contributed by atoms with van der Waals surface area (Å²) in [5.74, 6) is 0.333. The second kappa shape index (κ2) is 9.04. The summed E-state index contributed by atoms with van der Waals surface area (Å²) < 4.78 is 6.87. The van der Waals surface area contributed by atoms with Crippen LogP contribution in [0.2, 0.25) is 0 Å². The van der Waals surface area contributed by atoms with E-state index >= 15 is 0 Å². The first-order chi connectivity index (χ1) is 15.0. The summed E-state index contributed by atoms with van der Waals surface area (Å²) in [5, 5.41) is 7.26. The summed E-state index contributed by atoms with van der Waals surface area (Å²) in [6.07, 6.45) is 0.789. The lowest BCUT2D eigenvalue weighted by Crippen LogP contribution is -2.30. The molecule has 0 bridgehead atoms. The fourth-order valence-corrected chi connectivity index (χ4v) is 3.78. The lowest BCUT2D eigenvalue weighted by Gasteiger charge is -2.20. The van der Waals surface area contributed by atoms with Gasteiger partial charge in [0, 0.05) is 32.2 Å². The fourth-order valence-electron chi connectivity index (χ4n) is 3.78. The van der Waals surface area contributed by atoms with Crippen LogP contribution in [0.25, 0.3) is 0 Å². The number of carbonyl (C=O) groups excluding carboxylic acids is 2. The molecule has 0 unspecified atom stereocenters. The molecule has 4 rings (SSSR count). The Hall–Kier alpha value is -3.61. The van der Waals surface area contributed by atoms with E-state index in [0.717, 1.165) is 23.3 Å². The molecule has 2 heterocycles. The average molecular weight is 418 g/mol. The number of hydrogen-bond donors (Lipinski definition) is 1. The van der Waals surface area contributed by atoms with E-state index in [0.29, 0.717) is 31.9 Å². The summed E-state index contributed by atoms with van der Waals surface area (Å²) in [5.41, 5.74) is 3.89. The van der Waals surface area contributed by atoms with Crippen molar-refractivity contribution in [2.75, 3.05) is 13.7 Å². The van der Waals surface area contributed by atoms with Crippen LogP contribution in [0.5, 0.6) is 5.75 Å². The van der Waals surface area contributed by atoms with Crippen LogP contribution in [0, 0.1) is 6.92 Å². The predicted octanol–water partition coefficient (Wildman–Crippen LogP) is 3.18. The molecule has 0 aliphatic carbocycles. The van der Waals surface area contributed by atoms with Gasteiger partial charge in [-0.25, -0.2) is 0 Å². The number of methoxy groups -OCH3 is 1. The number of hydrogen-bond acceptors (Lipinski definition) is 4. The minimum absolute atomic E-state index is 0.0987. The van der Waals surface area contributed by atoms with Gasteiger partial charge in [-0.1, -0.05) is 42.0 Å². The number of ether oxygens (including phenoxy) is 1. The van der Waals surface area contributed by atoms with Gasteiger partial charge in [0.1, 0.15) is 11.4 Å². The molecule has 0 saturated heterocycles. The van der Waals surface area contributed by atoms with Crippen molar-refractivity contribution in [1.82, 2.24) is 20.0 Å². The Morgan fingerprint density at radius 2 is 1.90 bits per heavy atom. The zero-order valence-corrected chi connectivity index (χ0v) is 17.8. The Morgan fingerprint density at radius 3 is 2.71 bits per heavy atom. The molecule has 0 atom stereocenters. The molecule has 7 heteroatoms. The molecule has 0 spiro atoms. The number of nitrogens with one attached hydrogen (secondary N) is 1. The van der Waals surface area contributed by atoms with E-state index in [2.05, 4.69) is 16.5 Å². The lowest BCUT2D eigenvalue weighted by molar-refractivity contribution is 0.0745. The summed E-state index contributed by atoms with van der Waals surface area (Å²) in [7, 11) is 1.61. The summed E-state index contributed by atoms with van der Waals surface area (Å²) >= 11 is 0. The van der Waals surface area contributed by atoms with Gasteiger partial charge in [0.25, 0.3) is 11.8 Å². The molecule has 2 aromatic carbocycles. The molecular formula is C24H26N4O3. The van der Waals surface area contributed by atoms with Gasteiger partial charge < -0.3 is 15.0 Å². The van der Waals surface area contributed by atoms with E-state index < -0.39 is 0 Å². The highest BCUT2D eigenvalue weighted by Crippen LogP contribution is 2.18. The Morgan fingerprint density at radius 1 is 1.10 bits per heavy atom. The normalized spacial score (nSPS) is 13.5. The third kappa shape index (κ3) is 4.77. The topological polar surface area (TPSA) is 76.5 Å². The molecule has 160 valence electrons. The van der Waals surface area contributed by atoms with Crippen molar-refractivity contribution in [3.05, 3.63) is 82.7 Å². The van der Waals surface area contributed by atoms with Crippen molar-refractivity contribution in [2.24, 2.45) is 0 Å². The van der Waals surface area contributed by atoms with E-state index in [4.69, 9.17) is 4.74 Å². The lowest BCUT2D eigenvalue weighted by atomic mass is 10.1. The molecule has 31 heavy (non-hydrogen) atoms. The highest BCUT2D eigenvalue weighted by atomic mass is 16.5. The molecule has 1 aliphatic heterocycles. The zero-order valence-electron chi connectivity index (χ0n) is 17.8. The molecule has 3 aromatic rings. The van der Waals surface area contributed by atoms with Crippen LogP contribution in [0.1, 0.15) is 44.1 Å². The van der Waals surface area contributed by atoms with Crippen LogP contribution in [0.3, 0.4) is 0 Å². The number of aryl methyl sites for hydroxylation is 2. The summed E-state index contributed by atoms with van der Waals surface area (Å²) in [6.45, 7) is 4.20. The predicted molar refractivity (Wildman–Crippen MR) is 117 cm³/mol. The standard InChI is InChI=1S/C24H26N4O3/c1-17-6-3-8-19(12-17)16-27-10-5-11-28-22(24(27)30)14-21(26-28)23(29)25-15-18-7-4-9-20(13-18)31-2/h3-4,6-9,12-14H,5,10-11,15-16H2,1-2H3,(H,25,29). The van der Waals surface area contributed by atoms with Crippen LogP contribution in [0.15, 0.2) is 54.6 Å². The number of rotatable bonds is 6. The average Bonchev–Trinajstić information content (AvgIpc) is 3.15. The van der Waals surface area contributed by atoms with Crippen molar-refractivity contribution in [3.8, 4) is 5.75 Å². The van der Waals surface area contributed by atoms with Gasteiger partial charge in [0.15, 0.2) is 5.69 Å². The minimum atomic E-state index is -0.304. The third-order valence-electron chi connectivity index (χ3n) is 5.36. The number of fused-ring (bicyclic) bond motifs is 1. The number of carbonyl (C=O) groups is 2. The molecule has 0 fully saturated rings. The smallest absolute Gasteiger partial charge is 0.272 e. The van der Waals surface area contributed by atoms with Crippen LogP contribution < -0.4 is 10.1 Å². The Kier molecular flexibility index (Phi) is 6.02. The Labute approximate surface area is 181 Å². The van der Waals surface area contributed by atoms with E-state index in [1.165, 1.54) is 5.56 Å². The number of amides is 2. The summed E-state index contributed by atoms with van der Waals surface area (Å²) in [4.78, 5) is 27.6. The second-order valence-corrected chi connectivity index (χ2v) is 7.74. The van der Waals surface area contributed by atoms with E-state index in [-0.39, 0.29) is 17.5 Å². The van der Waals surface area contributed by atoms with Crippen LogP contribution >= 0.6 is 0 Å². The monoisotopic (exact) mass is 418 g/mol. The van der Waals surface area contributed by atoms with Crippen LogP contribution in [-0.4, -0.2) is 40.1 Å². The highest BCUT2D eigenvalue weighted by molar-refractivity contribution is 5.98. The SMILES string of the molecule is COc1cccc(CNC(=O)c2cc3n(n2)CCCN(Cc2cccc(C)c2)C3=O)c1. The maximum absolute atomic E-state index is 13.1. The first-order valence-corrected chi connectivity index (χ1v) is 10.4.